The molecule has 0 radical (unpaired) electrons. The normalized spacial score (nSPS) is 11.6. The quantitative estimate of drug-likeness (QED) is 0.700. The molecule has 0 bridgehead atoms. The van der Waals surface area contributed by atoms with E-state index in [1.54, 1.807) is 10.7 Å². The Labute approximate surface area is 94.5 Å². The van der Waals surface area contributed by atoms with E-state index in [4.69, 9.17) is 5.11 Å². The summed E-state index contributed by atoms with van der Waals surface area (Å²) >= 11 is 1.30. The van der Waals surface area contributed by atoms with Gasteiger partial charge in [0.05, 0.1) is 15.6 Å². The van der Waals surface area contributed by atoms with E-state index in [0.717, 1.165) is 21.3 Å². The van der Waals surface area contributed by atoms with Crippen LogP contribution in [-0.2, 0) is 14.1 Å². The lowest BCUT2D eigenvalue weighted by molar-refractivity contribution is 0.0702. The first-order chi connectivity index (χ1) is 7.58. The summed E-state index contributed by atoms with van der Waals surface area (Å²) in [4.78, 5) is 11.3. The second-order valence-corrected chi connectivity index (χ2v) is 4.78. The fourth-order valence-electron chi connectivity index (χ4n) is 1.93. The zero-order chi connectivity index (χ0) is 11.4. The van der Waals surface area contributed by atoms with Crippen molar-refractivity contribution in [2.45, 2.75) is 0 Å². The highest BCUT2D eigenvalue weighted by molar-refractivity contribution is 7.21. The van der Waals surface area contributed by atoms with Crippen LogP contribution in [0.4, 0.5) is 0 Å². The standard InChI is InChI=1S/C10H9N3O2S/c1-12-4-5-8-6(13(2)9(5)11-12)3-7(16-8)10(14)15/h3-4H,1-2H3,(H,14,15). The van der Waals surface area contributed by atoms with Crippen molar-refractivity contribution in [3.8, 4) is 0 Å². The molecule has 0 spiro atoms. The molecule has 3 heterocycles. The van der Waals surface area contributed by atoms with Crippen molar-refractivity contribution in [1.29, 1.82) is 0 Å². The highest BCUT2D eigenvalue weighted by Crippen LogP contribution is 2.34. The number of thiophene rings is 1. The molecule has 3 aromatic rings. The maximum Gasteiger partial charge on any atom is 0.345 e. The topological polar surface area (TPSA) is 60.1 Å². The van der Waals surface area contributed by atoms with Gasteiger partial charge in [0.25, 0.3) is 0 Å². The highest BCUT2D eigenvalue weighted by Gasteiger charge is 2.17. The van der Waals surface area contributed by atoms with Crippen LogP contribution in [-0.4, -0.2) is 25.4 Å². The molecule has 82 valence electrons. The van der Waals surface area contributed by atoms with E-state index in [1.807, 2.05) is 24.9 Å². The Morgan fingerprint density at radius 2 is 2.25 bits per heavy atom. The number of nitrogens with zero attached hydrogens (tertiary/aromatic N) is 3. The molecule has 0 aliphatic rings. The number of fused-ring (bicyclic) bond motifs is 3. The van der Waals surface area contributed by atoms with Gasteiger partial charge in [0.15, 0.2) is 5.65 Å². The Kier molecular flexibility index (Phi) is 1.68. The molecule has 0 aliphatic heterocycles. The van der Waals surface area contributed by atoms with Crippen LogP contribution >= 0.6 is 11.3 Å². The first-order valence-corrected chi connectivity index (χ1v) is 5.54. The molecule has 5 nitrogen and oxygen atoms in total. The van der Waals surface area contributed by atoms with Crippen molar-refractivity contribution in [2.24, 2.45) is 14.1 Å². The smallest absolute Gasteiger partial charge is 0.345 e. The fraction of sp³-hybridized carbons (Fsp3) is 0.200. The van der Waals surface area contributed by atoms with Gasteiger partial charge in [0.1, 0.15) is 4.88 Å². The van der Waals surface area contributed by atoms with Crippen molar-refractivity contribution >= 4 is 38.6 Å². The molecule has 0 aromatic carbocycles. The maximum atomic E-state index is 10.9. The summed E-state index contributed by atoms with van der Waals surface area (Å²) in [6.45, 7) is 0. The average molecular weight is 235 g/mol. The van der Waals surface area contributed by atoms with Gasteiger partial charge in [0, 0.05) is 20.3 Å². The van der Waals surface area contributed by atoms with E-state index < -0.39 is 5.97 Å². The molecule has 1 N–H and O–H groups in total. The Morgan fingerprint density at radius 1 is 1.50 bits per heavy atom. The molecule has 0 amide bonds. The number of carbonyl (C=O) groups is 1. The lowest BCUT2D eigenvalue weighted by atomic mass is 10.4. The lowest BCUT2D eigenvalue weighted by Crippen LogP contribution is -1.93. The van der Waals surface area contributed by atoms with E-state index >= 15 is 0 Å². The molecule has 6 heteroatoms. The number of hydrogen-bond acceptors (Lipinski definition) is 3. The molecule has 0 saturated carbocycles. The molecule has 0 saturated heterocycles. The van der Waals surface area contributed by atoms with Gasteiger partial charge < -0.3 is 9.67 Å². The minimum Gasteiger partial charge on any atom is -0.477 e. The van der Waals surface area contributed by atoms with Crippen molar-refractivity contribution in [1.82, 2.24) is 14.3 Å². The van der Waals surface area contributed by atoms with Crippen LogP contribution in [0.3, 0.4) is 0 Å². The highest BCUT2D eigenvalue weighted by atomic mass is 32.1. The summed E-state index contributed by atoms with van der Waals surface area (Å²) in [5, 5.41) is 14.3. The molecule has 0 atom stereocenters. The van der Waals surface area contributed by atoms with Crippen LogP contribution in [0.1, 0.15) is 9.67 Å². The average Bonchev–Trinajstić information content (AvgIpc) is 2.83. The van der Waals surface area contributed by atoms with Gasteiger partial charge in [-0.05, 0) is 6.07 Å². The number of aryl methyl sites for hydroxylation is 2. The third-order valence-electron chi connectivity index (χ3n) is 2.66. The van der Waals surface area contributed by atoms with Gasteiger partial charge in [-0.2, -0.15) is 5.10 Å². The number of aromatic nitrogens is 3. The second-order valence-electron chi connectivity index (χ2n) is 3.73. The summed E-state index contributed by atoms with van der Waals surface area (Å²) in [7, 11) is 3.76. The predicted molar refractivity (Wildman–Crippen MR) is 62.0 cm³/mol. The third-order valence-corrected chi connectivity index (χ3v) is 3.80. The molecule has 3 aromatic heterocycles. The van der Waals surface area contributed by atoms with Crippen molar-refractivity contribution in [3.05, 3.63) is 17.1 Å². The molecule has 0 unspecified atom stereocenters. The zero-order valence-corrected chi connectivity index (χ0v) is 9.58. The first-order valence-electron chi connectivity index (χ1n) is 4.73. The van der Waals surface area contributed by atoms with Gasteiger partial charge in [-0.25, -0.2) is 4.79 Å². The number of rotatable bonds is 1. The Balaban J connectivity index is 2.47. The van der Waals surface area contributed by atoms with Gasteiger partial charge in [0.2, 0.25) is 0 Å². The Bertz CT molecular complexity index is 719. The van der Waals surface area contributed by atoms with Crippen LogP contribution in [0.25, 0.3) is 21.3 Å². The molecule has 0 aliphatic carbocycles. The monoisotopic (exact) mass is 235 g/mol. The van der Waals surface area contributed by atoms with E-state index in [9.17, 15) is 4.79 Å². The van der Waals surface area contributed by atoms with E-state index in [0.29, 0.717) is 4.88 Å². The summed E-state index contributed by atoms with van der Waals surface area (Å²) < 4.78 is 4.65. The molecular weight excluding hydrogens is 226 g/mol. The van der Waals surface area contributed by atoms with Gasteiger partial charge in [-0.15, -0.1) is 11.3 Å². The maximum absolute atomic E-state index is 10.9. The number of hydrogen-bond donors (Lipinski definition) is 1. The minimum absolute atomic E-state index is 0.367. The predicted octanol–water partition coefficient (Wildman–Crippen LogP) is 1.82. The van der Waals surface area contributed by atoms with Gasteiger partial charge >= 0.3 is 5.97 Å². The number of aromatic carboxylic acids is 1. The third kappa shape index (κ3) is 1.04. The summed E-state index contributed by atoms with van der Waals surface area (Å²) in [6, 6.07) is 1.70. The summed E-state index contributed by atoms with van der Waals surface area (Å²) in [6.07, 6.45) is 1.92. The van der Waals surface area contributed by atoms with Crippen LogP contribution in [0.15, 0.2) is 12.3 Å². The Morgan fingerprint density at radius 3 is 2.94 bits per heavy atom. The fourth-order valence-corrected chi connectivity index (χ4v) is 2.96. The first kappa shape index (κ1) is 9.41. The van der Waals surface area contributed by atoms with Crippen LogP contribution in [0.2, 0.25) is 0 Å². The largest absolute Gasteiger partial charge is 0.477 e. The minimum atomic E-state index is -0.877. The van der Waals surface area contributed by atoms with Crippen LogP contribution < -0.4 is 0 Å². The second kappa shape index (κ2) is 2.85. The summed E-state index contributed by atoms with van der Waals surface area (Å²) in [5.74, 6) is -0.877. The Hall–Kier alpha value is -1.82. The lowest BCUT2D eigenvalue weighted by Gasteiger charge is -1.92. The number of carboxylic acid groups (broad SMARTS) is 1. The molecular formula is C10H9N3O2S. The zero-order valence-electron chi connectivity index (χ0n) is 8.76. The van der Waals surface area contributed by atoms with Gasteiger partial charge in [-0.1, -0.05) is 0 Å². The van der Waals surface area contributed by atoms with Crippen LogP contribution in [0, 0.1) is 0 Å². The van der Waals surface area contributed by atoms with Crippen molar-refractivity contribution < 1.29 is 9.90 Å². The van der Waals surface area contributed by atoms with E-state index in [2.05, 4.69) is 5.10 Å². The van der Waals surface area contributed by atoms with E-state index in [-0.39, 0.29) is 0 Å². The van der Waals surface area contributed by atoms with Crippen molar-refractivity contribution in [2.75, 3.05) is 0 Å². The van der Waals surface area contributed by atoms with Crippen molar-refractivity contribution in [3.63, 3.8) is 0 Å². The summed E-state index contributed by atoms with van der Waals surface area (Å²) in [5.41, 5.74) is 1.82. The SMILES string of the molecule is Cn1cc2c3sc(C(=O)O)cc3n(C)c2n1. The van der Waals surface area contributed by atoms with Gasteiger partial charge in [-0.3, -0.25) is 4.68 Å². The molecule has 3 rings (SSSR count). The number of carboxylic acids is 1. The molecule has 0 fully saturated rings. The molecule has 16 heavy (non-hydrogen) atoms. The van der Waals surface area contributed by atoms with Crippen LogP contribution in [0.5, 0.6) is 0 Å². The van der Waals surface area contributed by atoms with E-state index in [1.165, 1.54) is 11.3 Å².